The standard InChI is InChI=1S/C11H10O6/c1-16-9(12)6-17-11(15)8-5-3-2-4-7(8)10(13)14/h2-5H,6H2,1H3,(H,13,14)/p-1. The summed E-state index contributed by atoms with van der Waals surface area (Å²) in [5, 5.41) is 10.7. The minimum Gasteiger partial charge on any atom is -0.545 e. The molecule has 90 valence electrons. The lowest BCUT2D eigenvalue weighted by molar-refractivity contribution is -0.255. The van der Waals surface area contributed by atoms with Crippen molar-refractivity contribution >= 4 is 17.9 Å². The molecule has 0 spiro atoms. The van der Waals surface area contributed by atoms with E-state index in [4.69, 9.17) is 0 Å². The molecule has 0 saturated carbocycles. The minimum atomic E-state index is -1.49. The fraction of sp³-hybridized carbons (Fsp3) is 0.182. The van der Waals surface area contributed by atoms with Crippen LogP contribution < -0.4 is 5.11 Å². The molecule has 0 aliphatic carbocycles. The molecule has 0 aliphatic rings. The van der Waals surface area contributed by atoms with Crippen molar-refractivity contribution in [3.63, 3.8) is 0 Å². The third-order valence-electron chi connectivity index (χ3n) is 1.92. The summed E-state index contributed by atoms with van der Waals surface area (Å²) < 4.78 is 8.84. The van der Waals surface area contributed by atoms with Crippen LogP contribution >= 0.6 is 0 Å². The number of aromatic carboxylic acids is 1. The lowest BCUT2D eigenvalue weighted by Gasteiger charge is -2.09. The number of rotatable bonds is 4. The smallest absolute Gasteiger partial charge is 0.344 e. The first kappa shape index (κ1) is 12.7. The Kier molecular flexibility index (Phi) is 4.21. The van der Waals surface area contributed by atoms with Crippen molar-refractivity contribution in [3.8, 4) is 0 Å². The maximum Gasteiger partial charge on any atom is 0.344 e. The largest absolute Gasteiger partial charge is 0.545 e. The van der Waals surface area contributed by atoms with E-state index in [0.717, 1.165) is 7.11 Å². The molecule has 1 aromatic carbocycles. The van der Waals surface area contributed by atoms with Gasteiger partial charge in [-0.05, 0) is 6.07 Å². The van der Waals surface area contributed by atoms with E-state index in [0.29, 0.717) is 0 Å². The van der Waals surface area contributed by atoms with Gasteiger partial charge in [-0.3, -0.25) is 0 Å². The van der Waals surface area contributed by atoms with E-state index in [1.807, 2.05) is 0 Å². The molecule has 0 unspecified atom stereocenters. The molecule has 0 heterocycles. The first-order chi connectivity index (χ1) is 8.06. The van der Waals surface area contributed by atoms with Gasteiger partial charge in [0.05, 0.1) is 18.6 Å². The monoisotopic (exact) mass is 237 g/mol. The molecule has 0 bridgehead atoms. The Bertz CT molecular complexity index is 451. The SMILES string of the molecule is COC(=O)COC(=O)c1ccccc1C(=O)[O-]. The van der Waals surface area contributed by atoms with Gasteiger partial charge in [-0.25, -0.2) is 9.59 Å². The van der Waals surface area contributed by atoms with Crippen LogP contribution in [0.2, 0.25) is 0 Å². The zero-order chi connectivity index (χ0) is 12.8. The average molecular weight is 237 g/mol. The van der Waals surface area contributed by atoms with Crippen molar-refractivity contribution in [3.05, 3.63) is 35.4 Å². The van der Waals surface area contributed by atoms with E-state index in [1.165, 1.54) is 24.3 Å². The molecule has 17 heavy (non-hydrogen) atoms. The van der Waals surface area contributed by atoms with Crippen LogP contribution in [0.25, 0.3) is 0 Å². The molecule has 1 rings (SSSR count). The van der Waals surface area contributed by atoms with Gasteiger partial charge in [-0.15, -0.1) is 0 Å². The Hall–Kier alpha value is -2.37. The highest BCUT2D eigenvalue weighted by atomic mass is 16.6. The number of carbonyl (C=O) groups excluding carboxylic acids is 3. The number of methoxy groups -OCH3 is 1. The van der Waals surface area contributed by atoms with Gasteiger partial charge in [0.25, 0.3) is 0 Å². The van der Waals surface area contributed by atoms with E-state index in [9.17, 15) is 19.5 Å². The normalized spacial score (nSPS) is 9.47. The molecule has 0 amide bonds. The van der Waals surface area contributed by atoms with Crippen LogP contribution in [-0.2, 0) is 14.3 Å². The number of hydrogen-bond donors (Lipinski definition) is 0. The van der Waals surface area contributed by atoms with Gasteiger partial charge < -0.3 is 19.4 Å². The molecule has 0 atom stereocenters. The summed E-state index contributed by atoms with van der Waals surface area (Å²) in [4.78, 5) is 32.9. The van der Waals surface area contributed by atoms with Gasteiger partial charge >= 0.3 is 11.9 Å². The molecule has 0 fully saturated rings. The number of hydrogen-bond acceptors (Lipinski definition) is 6. The predicted molar refractivity (Wildman–Crippen MR) is 53.1 cm³/mol. The van der Waals surface area contributed by atoms with E-state index in [2.05, 4.69) is 9.47 Å². The van der Waals surface area contributed by atoms with Crippen LogP contribution in [-0.4, -0.2) is 31.6 Å². The van der Waals surface area contributed by atoms with Crippen molar-refractivity contribution < 1.29 is 29.0 Å². The van der Waals surface area contributed by atoms with Crippen LogP contribution in [0.15, 0.2) is 24.3 Å². The summed E-state index contributed by atoms with van der Waals surface area (Å²) in [7, 11) is 1.14. The number of ether oxygens (including phenoxy) is 2. The number of carboxylic acid groups (broad SMARTS) is 1. The van der Waals surface area contributed by atoms with Crippen LogP contribution in [0.1, 0.15) is 20.7 Å². The summed E-state index contributed by atoms with van der Waals surface area (Å²) in [6.45, 7) is -0.573. The van der Waals surface area contributed by atoms with Gasteiger partial charge in [-0.2, -0.15) is 0 Å². The van der Waals surface area contributed by atoms with E-state index < -0.39 is 24.5 Å². The molecule has 0 aromatic heterocycles. The molecule has 0 N–H and O–H groups in total. The number of carbonyl (C=O) groups is 3. The molecule has 1 aromatic rings. The van der Waals surface area contributed by atoms with Gasteiger partial charge in [0.15, 0.2) is 6.61 Å². The van der Waals surface area contributed by atoms with Crippen LogP contribution in [0, 0.1) is 0 Å². The Morgan fingerprint density at radius 3 is 2.29 bits per heavy atom. The molecule has 6 heteroatoms. The summed E-state index contributed by atoms with van der Waals surface area (Å²) in [6.07, 6.45) is 0. The zero-order valence-corrected chi connectivity index (χ0v) is 8.97. The molecule has 0 aliphatic heterocycles. The van der Waals surface area contributed by atoms with E-state index >= 15 is 0 Å². The van der Waals surface area contributed by atoms with Gasteiger partial charge in [0.1, 0.15) is 0 Å². The van der Waals surface area contributed by atoms with Crippen LogP contribution in [0.4, 0.5) is 0 Å². The van der Waals surface area contributed by atoms with Crippen LogP contribution in [0.5, 0.6) is 0 Å². The number of carboxylic acids is 1. The van der Waals surface area contributed by atoms with E-state index in [-0.39, 0.29) is 11.1 Å². The summed E-state index contributed by atoms with van der Waals surface area (Å²) >= 11 is 0. The lowest BCUT2D eigenvalue weighted by Crippen LogP contribution is -2.26. The van der Waals surface area contributed by atoms with Crippen molar-refractivity contribution in [1.82, 2.24) is 0 Å². The molecule has 0 radical (unpaired) electrons. The predicted octanol–water partition coefficient (Wildman–Crippen LogP) is -0.620. The number of benzene rings is 1. The Morgan fingerprint density at radius 1 is 1.18 bits per heavy atom. The maximum absolute atomic E-state index is 11.5. The Morgan fingerprint density at radius 2 is 1.76 bits per heavy atom. The van der Waals surface area contributed by atoms with Crippen molar-refractivity contribution in [2.45, 2.75) is 0 Å². The Balaban J connectivity index is 2.82. The third kappa shape index (κ3) is 3.30. The molecular formula is C11H9O6-. The minimum absolute atomic E-state index is 0.170. The fourth-order valence-corrected chi connectivity index (χ4v) is 1.10. The van der Waals surface area contributed by atoms with Gasteiger partial charge in [0.2, 0.25) is 0 Å². The topological polar surface area (TPSA) is 92.7 Å². The first-order valence-corrected chi connectivity index (χ1v) is 4.60. The summed E-state index contributed by atoms with van der Waals surface area (Å²) in [6, 6.07) is 5.40. The summed E-state index contributed by atoms with van der Waals surface area (Å²) in [5.41, 5.74) is -0.459. The average Bonchev–Trinajstić information content (AvgIpc) is 2.35. The van der Waals surface area contributed by atoms with E-state index in [1.54, 1.807) is 0 Å². The van der Waals surface area contributed by atoms with Gasteiger partial charge in [0, 0.05) is 5.56 Å². The first-order valence-electron chi connectivity index (χ1n) is 4.60. The van der Waals surface area contributed by atoms with Crippen molar-refractivity contribution in [1.29, 1.82) is 0 Å². The van der Waals surface area contributed by atoms with Crippen LogP contribution in [0.3, 0.4) is 0 Å². The van der Waals surface area contributed by atoms with Crippen molar-refractivity contribution in [2.24, 2.45) is 0 Å². The summed E-state index contributed by atoms with van der Waals surface area (Å²) in [5.74, 6) is -3.14. The second-order valence-electron chi connectivity index (χ2n) is 2.99. The highest BCUT2D eigenvalue weighted by molar-refractivity contribution is 6.02. The second kappa shape index (κ2) is 5.64. The molecule has 6 nitrogen and oxygen atoms in total. The van der Waals surface area contributed by atoms with Gasteiger partial charge in [-0.1, -0.05) is 18.2 Å². The lowest BCUT2D eigenvalue weighted by atomic mass is 10.1. The quantitative estimate of drug-likeness (QED) is 0.648. The Labute approximate surface area is 96.8 Å². The molecule has 0 saturated heterocycles. The highest BCUT2D eigenvalue weighted by Gasteiger charge is 2.14. The fourth-order valence-electron chi connectivity index (χ4n) is 1.10. The maximum atomic E-state index is 11.5. The highest BCUT2D eigenvalue weighted by Crippen LogP contribution is 2.09. The second-order valence-corrected chi connectivity index (χ2v) is 2.99. The van der Waals surface area contributed by atoms with Crippen molar-refractivity contribution in [2.75, 3.05) is 13.7 Å². The molecular weight excluding hydrogens is 228 g/mol. The zero-order valence-electron chi connectivity index (χ0n) is 8.97. The number of esters is 2. The third-order valence-corrected chi connectivity index (χ3v) is 1.92.